The Balaban J connectivity index is 1.44. The van der Waals surface area contributed by atoms with Crippen molar-refractivity contribution in [2.24, 2.45) is 0 Å². The number of anilines is 2. The van der Waals surface area contributed by atoms with Crippen molar-refractivity contribution in [2.75, 3.05) is 10.0 Å². The molecule has 2 N–H and O–H groups in total. The lowest BCUT2D eigenvalue weighted by Gasteiger charge is -2.11. The number of rotatable bonds is 5. The molecular weight excluding hydrogens is 481 g/mol. The molecule has 8 nitrogen and oxygen atoms in total. The minimum atomic E-state index is -4.57. The number of para-hydroxylation sites is 1. The number of hydrogen-bond acceptors (Lipinski definition) is 7. The minimum absolute atomic E-state index is 0.0455. The van der Waals surface area contributed by atoms with Gasteiger partial charge in [-0.15, -0.1) is 11.3 Å². The van der Waals surface area contributed by atoms with Gasteiger partial charge in [0.05, 0.1) is 22.2 Å². The third-order valence-corrected chi connectivity index (χ3v) is 6.44. The zero-order chi connectivity index (χ0) is 23.6. The van der Waals surface area contributed by atoms with E-state index in [-0.39, 0.29) is 32.4 Å². The number of fused-ring (bicyclic) bond motifs is 1. The molecule has 1 amide bonds. The lowest BCUT2D eigenvalue weighted by Crippen LogP contribution is -2.17. The average Bonchev–Trinajstić information content (AvgIpc) is 3.25. The van der Waals surface area contributed by atoms with Crippen molar-refractivity contribution in [1.82, 2.24) is 9.97 Å². The van der Waals surface area contributed by atoms with E-state index in [1.165, 1.54) is 48.7 Å². The third-order valence-electron chi connectivity index (χ3n) is 4.27. The first-order chi connectivity index (χ1) is 15.6. The van der Waals surface area contributed by atoms with Crippen LogP contribution in [0.3, 0.4) is 0 Å². The largest absolute Gasteiger partial charge is 0.418 e. The van der Waals surface area contributed by atoms with Gasteiger partial charge >= 0.3 is 12.3 Å². The summed E-state index contributed by atoms with van der Waals surface area (Å²) in [5, 5.41) is 4.39. The highest BCUT2D eigenvalue weighted by atomic mass is 32.2. The molecule has 2 aromatic heterocycles. The van der Waals surface area contributed by atoms with Gasteiger partial charge in [0.2, 0.25) is 0 Å². The van der Waals surface area contributed by atoms with Crippen LogP contribution in [0, 0.1) is 0 Å². The average molecular weight is 494 g/mol. The first kappa shape index (κ1) is 22.5. The predicted octanol–water partition coefficient (Wildman–Crippen LogP) is 5.12. The van der Waals surface area contributed by atoms with Crippen LogP contribution in [0.1, 0.15) is 5.56 Å². The first-order valence-corrected chi connectivity index (χ1v) is 11.5. The van der Waals surface area contributed by atoms with Crippen molar-refractivity contribution in [2.45, 2.75) is 11.1 Å². The normalized spacial score (nSPS) is 11.8. The first-order valence-electron chi connectivity index (χ1n) is 9.09. The van der Waals surface area contributed by atoms with Gasteiger partial charge in [0.25, 0.3) is 10.0 Å². The van der Waals surface area contributed by atoms with Gasteiger partial charge in [0, 0.05) is 22.7 Å². The molecule has 0 aliphatic rings. The van der Waals surface area contributed by atoms with Crippen molar-refractivity contribution in [3.05, 3.63) is 71.9 Å². The van der Waals surface area contributed by atoms with Crippen molar-refractivity contribution >= 4 is 49.2 Å². The lowest BCUT2D eigenvalue weighted by atomic mass is 10.1. The molecule has 0 aliphatic heterocycles. The highest BCUT2D eigenvalue weighted by Gasteiger charge is 2.33. The van der Waals surface area contributed by atoms with Gasteiger partial charge in [-0.25, -0.2) is 18.2 Å². The Morgan fingerprint density at radius 3 is 2.48 bits per heavy atom. The summed E-state index contributed by atoms with van der Waals surface area (Å²) in [7, 11) is -3.85. The van der Waals surface area contributed by atoms with Gasteiger partial charge in [-0.2, -0.15) is 13.2 Å². The number of carbonyl (C=O) groups excluding carboxylic acids is 1. The molecule has 0 atom stereocenters. The van der Waals surface area contributed by atoms with E-state index in [0.29, 0.717) is 0 Å². The number of nitrogens with one attached hydrogen (secondary N) is 2. The molecule has 4 aromatic rings. The Kier molecular flexibility index (Phi) is 5.91. The van der Waals surface area contributed by atoms with E-state index in [4.69, 9.17) is 4.74 Å². The molecule has 0 aliphatic carbocycles. The van der Waals surface area contributed by atoms with E-state index in [2.05, 4.69) is 20.0 Å². The highest BCUT2D eigenvalue weighted by molar-refractivity contribution is 7.93. The Morgan fingerprint density at radius 1 is 1.06 bits per heavy atom. The molecule has 0 fully saturated rings. The highest BCUT2D eigenvalue weighted by Crippen LogP contribution is 2.34. The SMILES string of the molecule is O=C(Nc1ccc(S(=O)(=O)Nc2nccs2)cc1)Oc1cnc2c(C(F)(F)F)cccc2c1. The maximum atomic E-state index is 13.1. The Hall–Kier alpha value is -3.71. The molecule has 0 saturated heterocycles. The van der Waals surface area contributed by atoms with Crippen LogP contribution in [-0.4, -0.2) is 24.5 Å². The molecule has 0 spiro atoms. The number of sulfonamides is 1. The molecule has 2 aromatic carbocycles. The fourth-order valence-electron chi connectivity index (χ4n) is 2.84. The smallest absolute Gasteiger partial charge is 0.408 e. The van der Waals surface area contributed by atoms with Gasteiger partial charge in [0.1, 0.15) is 0 Å². The summed E-state index contributed by atoms with van der Waals surface area (Å²) in [4.78, 5) is 19.7. The second-order valence-electron chi connectivity index (χ2n) is 6.53. The van der Waals surface area contributed by atoms with Gasteiger partial charge in [-0.1, -0.05) is 12.1 Å². The number of halogens is 3. The number of benzene rings is 2. The second-order valence-corrected chi connectivity index (χ2v) is 9.10. The molecule has 4 rings (SSSR count). The summed E-state index contributed by atoms with van der Waals surface area (Å²) in [6.07, 6.45) is -3.03. The summed E-state index contributed by atoms with van der Waals surface area (Å²) in [5.74, 6) is -0.0637. The van der Waals surface area contributed by atoms with Crippen LogP contribution in [0.15, 0.2) is 71.2 Å². The van der Waals surface area contributed by atoms with Gasteiger partial charge in [0.15, 0.2) is 10.9 Å². The Morgan fingerprint density at radius 2 is 1.82 bits per heavy atom. The van der Waals surface area contributed by atoms with Crippen LogP contribution in [0.2, 0.25) is 0 Å². The van der Waals surface area contributed by atoms with Crippen LogP contribution < -0.4 is 14.8 Å². The summed E-state index contributed by atoms with van der Waals surface area (Å²) >= 11 is 1.12. The molecule has 0 saturated carbocycles. The summed E-state index contributed by atoms with van der Waals surface area (Å²) in [6.45, 7) is 0. The molecule has 33 heavy (non-hydrogen) atoms. The zero-order valence-electron chi connectivity index (χ0n) is 16.3. The van der Waals surface area contributed by atoms with Crippen LogP contribution in [0.25, 0.3) is 10.9 Å². The number of amides is 1. The quantitative estimate of drug-likeness (QED) is 0.398. The lowest BCUT2D eigenvalue weighted by molar-refractivity contribution is -0.136. The minimum Gasteiger partial charge on any atom is -0.408 e. The molecule has 170 valence electrons. The van der Waals surface area contributed by atoms with Crippen molar-refractivity contribution in [3.8, 4) is 5.75 Å². The van der Waals surface area contributed by atoms with Gasteiger partial charge in [-0.05, 0) is 36.4 Å². The van der Waals surface area contributed by atoms with Gasteiger partial charge < -0.3 is 4.74 Å². The number of alkyl halides is 3. The summed E-state index contributed by atoms with van der Waals surface area (Å²) in [6, 6.07) is 10.1. The monoisotopic (exact) mass is 494 g/mol. The maximum absolute atomic E-state index is 13.1. The number of carbonyl (C=O) groups is 1. The molecule has 0 bridgehead atoms. The van der Waals surface area contributed by atoms with E-state index in [1.807, 2.05) is 0 Å². The van der Waals surface area contributed by atoms with E-state index in [9.17, 15) is 26.4 Å². The molecule has 0 radical (unpaired) electrons. The number of aromatic nitrogens is 2. The zero-order valence-corrected chi connectivity index (χ0v) is 18.0. The number of ether oxygens (including phenoxy) is 1. The Bertz CT molecular complexity index is 1410. The molecule has 2 heterocycles. The van der Waals surface area contributed by atoms with E-state index < -0.39 is 27.9 Å². The van der Waals surface area contributed by atoms with E-state index >= 15 is 0 Å². The van der Waals surface area contributed by atoms with Crippen molar-refractivity contribution < 1.29 is 31.1 Å². The maximum Gasteiger partial charge on any atom is 0.418 e. The molecular formula is C20H13F3N4O4S2. The Labute approximate surface area is 189 Å². The fourth-order valence-corrected chi connectivity index (χ4v) is 4.63. The fraction of sp³-hybridized carbons (Fsp3) is 0.0500. The van der Waals surface area contributed by atoms with Crippen LogP contribution in [0.4, 0.5) is 28.8 Å². The second kappa shape index (κ2) is 8.67. The molecule has 0 unspecified atom stereocenters. The van der Waals surface area contributed by atoms with Crippen LogP contribution >= 0.6 is 11.3 Å². The van der Waals surface area contributed by atoms with Crippen LogP contribution in [0.5, 0.6) is 5.75 Å². The van der Waals surface area contributed by atoms with E-state index in [0.717, 1.165) is 23.6 Å². The van der Waals surface area contributed by atoms with E-state index in [1.54, 1.807) is 5.38 Å². The van der Waals surface area contributed by atoms with Gasteiger partial charge in [-0.3, -0.25) is 15.0 Å². The summed E-state index contributed by atoms with van der Waals surface area (Å²) in [5.41, 5.74) is -0.919. The van der Waals surface area contributed by atoms with Crippen molar-refractivity contribution in [3.63, 3.8) is 0 Å². The number of thiazole rings is 1. The molecule has 13 heteroatoms. The number of hydrogen-bond donors (Lipinski definition) is 2. The van der Waals surface area contributed by atoms with Crippen LogP contribution in [-0.2, 0) is 16.2 Å². The standard InChI is InChI=1S/C20H13F3N4O4S2/c21-20(22,23)16-3-1-2-12-10-14(11-25-17(12)16)31-19(28)26-13-4-6-15(7-5-13)33(29,30)27-18-24-8-9-32-18/h1-11H,(H,24,27)(H,26,28). The summed E-state index contributed by atoms with van der Waals surface area (Å²) < 4.78 is 71.3. The number of pyridine rings is 1. The topological polar surface area (TPSA) is 110 Å². The van der Waals surface area contributed by atoms with Crippen molar-refractivity contribution in [1.29, 1.82) is 0 Å². The predicted molar refractivity (Wildman–Crippen MR) is 116 cm³/mol. The third kappa shape index (κ3) is 5.21. The number of nitrogens with zero attached hydrogens (tertiary/aromatic N) is 2.